The summed E-state index contributed by atoms with van der Waals surface area (Å²) in [6, 6.07) is 86.9. The minimum absolute atomic E-state index is 0.842. The number of hydrogen-bond donors (Lipinski definition) is 0. The fraction of sp³-hybridized carbons (Fsp3) is 0. The van der Waals surface area contributed by atoms with Crippen molar-refractivity contribution in [2.75, 3.05) is 4.90 Å². The lowest BCUT2D eigenvalue weighted by Crippen LogP contribution is -2.10. The van der Waals surface area contributed by atoms with Crippen LogP contribution in [0, 0.1) is 0 Å². The zero-order valence-electron chi connectivity index (χ0n) is 36.8. The molecule has 0 radical (unpaired) electrons. The van der Waals surface area contributed by atoms with Gasteiger partial charge in [-0.25, -0.2) is 0 Å². The molecule has 0 atom stereocenters. The van der Waals surface area contributed by atoms with E-state index < -0.39 is 0 Å². The zero-order valence-corrected chi connectivity index (χ0v) is 36.8. The molecule has 68 heavy (non-hydrogen) atoms. The maximum atomic E-state index is 6.96. The predicted molar refractivity (Wildman–Crippen MR) is 284 cm³/mol. The molecular weight excluding hydrogens is 829 g/mol. The van der Waals surface area contributed by atoms with Gasteiger partial charge in [0.25, 0.3) is 0 Å². The molecule has 3 aromatic heterocycles. The summed E-state index contributed by atoms with van der Waals surface area (Å²) in [6.07, 6.45) is 0. The molecule has 0 N–H and O–H groups in total. The molecule has 0 amide bonds. The van der Waals surface area contributed by atoms with E-state index in [1.807, 2.05) is 12.1 Å². The average molecular weight is 869 g/mol. The lowest BCUT2D eigenvalue weighted by Gasteiger charge is -2.27. The largest absolute Gasteiger partial charge is 0.455 e. The average Bonchev–Trinajstić information content (AvgIpc) is 4.10. The second-order valence-corrected chi connectivity index (χ2v) is 17.6. The summed E-state index contributed by atoms with van der Waals surface area (Å²) in [6.45, 7) is 0. The Kier molecular flexibility index (Phi) is 8.55. The maximum Gasteiger partial charge on any atom is 0.145 e. The minimum Gasteiger partial charge on any atom is -0.455 e. The van der Waals surface area contributed by atoms with Crippen molar-refractivity contribution in [2.45, 2.75) is 0 Å². The number of benzene rings is 11. The van der Waals surface area contributed by atoms with Crippen molar-refractivity contribution < 1.29 is 8.83 Å². The molecule has 0 unspecified atom stereocenters. The van der Waals surface area contributed by atoms with E-state index in [4.69, 9.17) is 8.83 Å². The monoisotopic (exact) mass is 868 g/mol. The third-order valence-corrected chi connectivity index (χ3v) is 13.8. The van der Waals surface area contributed by atoms with Gasteiger partial charge in [0.2, 0.25) is 0 Å². The van der Waals surface area contributed by atoms with Crippen LogP contribution in [0.25, 0.3) is 116 Å². The van der Waals surface area contributed by atoms with Crippen molar-refractivity contribution in [3.8, 4) is 39.1 Å². The Morgan fingerprint density at radius 3 is 1.69 bits per heavy atom. The van der Waals surface area contributed by atoms with E-state index in [9.17, 15) is 0 Å². The van der Waals surface area contributed by atoms with E-state index in [1.165, 1.54) is 38.1 Å². The lowest BCUT2D eigenvalue weighted by molar-refractivity contribution is 0.669. The highest BCUT2D eigenvalue weighted by atomic mass is 16.3. The van der Waals surface area contributed by atoms with Crippen LogP contribution in [-0.4, -0.2) is 4.57 Å². The summed E-state index contributed by atoms with van der Waals surface area (Å²) < 4.78 is 15.9. The molecule has 14 aromatic rings. The molecule has 0 fully saturated rings. The molecule has 0 bridgehead atoms. The number of anilines is 3. The summed E-state index contributed by atoms with van der Waals surface area (Å²) in [5.41, 5.74) is 16.6. The topological polar surface area (TPSA) is 34.5 Å². The van der Waals surface area contributed by atoms with Crippen LogP contribution in [0.4, 0.5) is 17.1 Å². The first-order valence-corrected chi connectivity index (χ1v) is 23.2. The van der Waals surface area contributed by atoms with Crippen molar-refractivity contribution in [3.63, 3.8) is 0 Å². The lowest BCUT2D eigenvalue weighted by atomic mass is 9.98. The van der Waals surface area contributed by atoms with E-state index in [0.717, 1.165) is 94.4 Å². The molecule has 0 aliphatic rings. The van der Waals surface area contributed by atoms with Gasteiger partial charge in [-0.1, -0.05) is 164 Å². The smallest absolute Gasteiger partial charge is 0.145 e. The van der Waals surface area contributed by atoms with Crippen LogP contribution < -0.4 is 4.90 Å². The Morgan fingerprint density at radius 1 is 0.324 bits per heavy atom. The summed E-state index contributed by atoms with van der Waals surface area (Å²) >= 11 is 0. The van der Waals surface area contributed by atoms with Gasteiger partial charge in [0, 0.05) is 55.1 Å². The molecular formula is C64H40N2O2. The number of fused-ring (bicyclic) bond motifs is 10. The second-order valence-electron chi connectivity index (χ2n) is 17.6. The van der Waals surface area contributed by atoms with E-state index in [-0.39, 0.29) is 0 Å². The van der Waals surface area contributed by atoms with Crippen LogP contribution >= 0.6 is 0 Å². The Hall–Kier alpha value is -9.12. The fourth-order valence-electron chi connectivity index (χ4n) is 10.6. The van der Waals surface area contributed by atoms with E-state index in [1.54, 1.807) is 0 Å². The number of hydrogen-bond acceptors (Lipinski definition) is 3. The standard InChI is InChI=1S/C64H40N2O2/c1-2-14-44-39-45(28-27-41(44)13-1)42-29-33-47(34-30-42)65(49-16-11-15-46(40-49)50-21-12-22-55-54-19-5-9-25-60(54)67-63(50)55)59-38-37-51(64-62(59)56-20-6-10-26-61(56)68-64)43-31-35-48(36-32-43)66-57-23-7-3-17-52(57)53-18-4-8-24-58(53)66/h1-40H. The van der Waals surface area contributed by atoms with Gasteiger partial charge < -0.3 is 18.3 Å². The van der Waals surface area contributed by atoms with Gasteiger partial charge in [-0.15, -0.1) is 0 Å². The van der Waals surface area contributed by atoms with Crippen LogP contribution in [0.5, 0.6) is 0 Å². The second kappa shape index (κ2) is 15.2. The van der Waals surface area contributed by atoms with Gasteiger partial charge in [0.05, 0.1) is 22.1 Å². The first-order chi connectivity index (χ1) is 33.7. The molecule has 0 aliphatic heterocycles. The summed E-state index contributed by atoms with van der Waals surface area (Å²) in [5, 5.41) is 9.28. The van der Waals surface area contributed by atoms with Crippen molar-refractivity contribution in [2.24, 2.45) is 0 Å². The first kappa shape index (κ1) is 38.2. The number of para-hydroxylation sites is 5. The number of nitrogens with zero attached hydrogens (tertiary/aromatic N) is 2. The molecule has 3 heterocycles. The van der Waals surface area contributed by atoms with Gasteiger partial charge in [0.15, 0.2) is 0 Å². The van der Waals surface area contributed by atoms with Gasteiger partial charge >= 0.3 is 0 Å². The molecule has 0 spiro atoms. The van der Waals surface area contributed by atoms with Crippen molar-refractivity contribution in [3.05, 3.63) is 243 Å². The Morgan fingerprint density at radius 2 is 0.912 bits per heavy atom. The molecule has 11 aromatic carbocycles. The Balaban J connectivity index is 0.944. The Labute approximate surface area is 391 Å². The van der Waals surface area contributed by atoms with Crippen LogP contribution in [0.1, 0.15) is 0 Å². The predicted octanol–water partition coefficient (Wildman–Crippen LogP) is 18.2. The highest BCUT2D eigenvalue weighted by Crippen LogP contribution is 2.48. The van der Waals surface area contributed by atoms with Crippen molar-refractivity contribution >= 4 is 93.5 Å². The van der Waals surface area contributed by atoms with Gasteiger partial charge in [0.1, 0.15) is 22.3 Å². The molecule has 4 nitrogen and oxygen atoms in total. The number of aromatic nitrogens is 1. The van der Waals surface area contributed by atoms with Crippen molar-refractivity contribution in [1.29, 1.82) is 0 Å². The molecule has 0 saturated carbocycles. The number of rotatable bonds is 7. The van der Waals surface area contributed by atoms with Crippen LogP contribution in [0.15, 0.2) is 251 Å². The van der Waals surface area contributed by atoms with E-state index >= 15 is 0 Å². The molecule has 4 heteroatoms. The first-order valence-electron chi connectivity index (χ1n) is 23.2. The van der Waals surface area contributed by atoms with Gasteiger partial charge in [-0.3, -0.25) is 0 Å². The summed E-state index contributed by atoms with van der Waals surface area (Å²) in [4.78, 5) is 2.38. The summed E-state index contributed by atoms with van der Waals surface area (Å²) in [5.74, 6) is 0. The Bertz CT molecular complexity index is 4210. The molecule has 318 valence electrons. The molecule has 0 aliphatic carbocycles. The third-order valence-electron chi connectivity index (χ3n) is 13.8. The highest BCUT2D eigenvalue weighted by molar-refractivity contribution is 6.17. The molecule has 0 saturated heterocycles. The highest BCUT2D eigenvalue weighted by Gasteiger charge is 2.24. The zero-order chi connectivity index (χ0) is 44.7. The summed E-state index contributed by atoms with van der Waals surface area (Å²) in [7, 11) is 0. The van der Waals surface area contributed by atoms with Crippen LogP contribution in [-0.2, 0) is 0 Å². The number of furan rings is 2. The normalized spacial score (nSPS) is 11.8. The minimum atomic E-state index is 0.842. The van der Waals surface area contributed by atoms with Gasteiger partial charge in [-0.2, -0.15) is 0 Å². The third kappa shape index (κ3) is 6.01. The van der Waals surface area contributed by atoms with Crippen LogP contribution in [0.2, 0.25) is 0 Å². The maximum absolute atomic E-state index is 6.96. The SMILES string of the molecule is c1cc(-c2cccc3c2oc2ccccc23)cc(N(c2ccc(-c3ccc4ccccc4c3)cc2)c2ccc(-c3ccc(-n4c5ccccc5c5ccccc54)cc3)c3oc4ccccc4c23)c1. The molecule has 14 rings (SSSR count). The van der Waals surface area contributed by atoms with Crippen LogP contribution in [0.3, 0.4) is 0 Å². The van der Waals surface area contributed by atoms with Gasteiger partial charge in [-0.05, 0) is 112 Å². The van der Waals surface area contributed by atoms with Crippen molar-refractivity contribution in [1.82, 2.24) is 4.57 Å². The quantitative estimate of drug-likeness (QED) is 0.160. The fourth-order valence-corrected chi connectivity index (χ4v) is 10.6. The van der Waals surface area contributed by atoms with E-state index in [2.05, 4.69) is 240 Å². The van der Waals surface area contributed by atoms with E-state index in [0.29, 0.717) is 0 Å².